The van der Waals surface area contributed by atoms with Crippen LogP contribution in [0.2, 0.25) is 0 Å². The van der Waals surface area contributed by atoms with E-state index in [9.17, 15) is 9.59 Å². The molecule has 0 aliphatic rings. The first kappa shape index (κ1) is 23.7. The van der Waals surface area contributed by atoms with Crippen LogP contribution in [0.4, 0.5) is 5.69 Å². The Hall–Kier alpha value is -4.40. The number of carbonyl (C=O) groups is 2. The molecule has 9 nitrogen and oxygen atoms in total. The highest BCUT2D eigenvalue weighted by atomic mass is 16.5. The Labute approximate surface area is 202 Å². The van der Waals surface area contributed by atoms with E-state index in [0.717, 1.165) is 16.9 Å². The molecule has 0 saturated heterocycles. The van der Waals surface area contributed by atoms with Crippen molar-refractivity contribution in [3.05, 3.63) is 83.1 Å². The Kier molecular flexibility index (Phi) is 7.25. The molecule has 4 rings (SSSR count). The van der Waals surface area contributed by atoms with E-state index in [1.807, 2.05) is 36.4 Å². The lowest BCUT2D eigenvalue weighted by Gasteiger charge is -2.06. The molecule has 9 heteroatoms. The minimum Gasteiger partial charge on any atom is -0.497 e. The fourth-order valence-corrected chi connectivity index (χ4v) is 3.41. The SMILES string of the molecule is COc1ccc(CCC(=O)Nc2ccc(-c3nc(CNC(=O)c4cc(C)on4)c(C)o3)cc2)cc1. The van der Waals surface area contributed by atoms with E-state index in [0.29, 0.717) is 41.6 Å². The van der Waals surface area contributed by atoms with E-state index in [2.05, 4.69) is 20.8 Å². The minimum absolute atomic E-state index is 0.0686. The van der Waals surface area contributed by atoms with Crippen LogP contribution in [0, 0.1) is 13.8 Å². The molecule has 0 fully saturated rings. The van der Waals surface area contributed by atoms with E-state index in [-0.39, 0.29) is 24.1 Å². The lowest BCUT2D eigenvalue weighted by Crippen LogP contribution is -2.23. The second kappa shape index (κ2) is 10.7. The van der Waals surface area contributed by atoms with Gasteiger partial charge in [-0.25, -0.2) is 4.98 Å². The van der Waals surface area contributed by atoms with Crippen molar-refractivity contribution in [2.75, 3.05) is 12.4 Å². The summed E-state index contributed by atoms with van der Waals surface area (Å²) in [5, 5.41) is 9.36. The van der Waals surface area contributed by atoms with Crippen molar-refractivity contribution in [1.82, 2.24) is 15.5 Å². The number of benzene rings is 2. The zero-order valence-corrected chi connectivity index (χ0v) is 19.8. The number of hydrogen-bond donors (Lipinski definition) is 2. The molecule has 2 N–H and O–H groups in total. The number of rotatable bonds is 9. The summed E-state index contributed by atoms with van der Waals surface area (Å²) in [7, 11) is 1.62. The number of carbonyl (C=O) groups excluding carboxylic acids is 2. The van der Waals surface area contributed by atoms with Crippen LogP contribution in [0.15, 0.2) is 63.5 Å². The molecule has 0 atom stereocenters. The molecule has 0 radical (unpaired) electrons. The predicted molar refractivity (Wildman–Crippen MR) is 129 cm³/mol. The van der Waals surface area contributed by atoms with Gasteiger partial charge >= 0.3 is 0 Å². The largest absolute Gasteiger partial charge is 0.497 e. The van der Waals surface area contributed by atoms with Crippen molar-refractivity contribution < 1.29 is 23.3 Å². The highest BCUT2D eigenvalue weighted by Gasteiger charge is 2.15. The molecule has 35 heavy (non-hydrogen) atoms. The molecule has 180 valence electrons. The van der Waals surface area contributed by atoms with Gasteiger partial charge in [-0.3, -0.25) is 9.59 Å². The predicted octanol–water partition coefficient (Wildman–Crippen LogP) is 4.46. The number of hydrogen-bond acceptors (Lipinski definition) is 7. The van der Waals surface area contributed by atoms with Crippen molar-refractivity contribution in [2.45, 2.75) is 33.2 Å². The molecule has 0 saturated carbocycles. The summed E-state index contributed by atoms with van der Waals surface area (Å²) in [4.78, 5) is 29.0. The zero-order chi connectivity index (χ0) is 24.8. The fourth-order valence-electron chi connectivity index (χ4n) is 3.41. The number of amides is 2. The van der Waals surface area contributed by atoms with Crippen LogP contribution in [0.25, 0.3) is 11.5 Å². The monoisotopic (exact) mass is 474 g/mol. The van der Waals surface area contributed by atoms with Crippen LogP contribution >= 0.6 is 0 Å². The van der Waals surface area contributed by atoms with Crippen molar-refractivity contribution in [3.63, 3.8) is 0 Å². The third-order valence-corrected chi connectivity index (χ3v) is 5.39. The van der Waals surface area contributed by atoms with Gasteiger partial charge in [-0.15, -0.1) is 0 Å². The van der Waals surface area contributed by atoms with Gasteiger partial charge in [0.05, 0.1) is 13.7 Å². The van der Waals surface area contributed by atoms with Gasteiger partial charge in [0.25, 0.3) is 5.91 Å². The van der Waals surface area contributed by atoms with Crippen LogP contribution in [0.5, 0.6) is 5.75 Å². The Bertz CT molecular complexity index is 1310. The van der Waals surface area contributed by atoms with Crippen LogP contribution in [-0.2, 0) is 17.8 Å². The van der Waals surface area contributed by atoms with Gasteiger partial charge in [-0.2, -0.15) is 0 Å². The first-order chi connectivity index (χ1) is 16.9. The van der Waals surface area contributed by atoms with Crippen molar-refractivity contribution >= 4 is 17.5 Å². The van der Waals surface area contributed by atoms with Gasteiger partial charge in [0.2, 0.25) is 11.8 Å². The average Bonchev–Trinajstić information content (AvgIpc) is 3.47. The average molecular weight is 475 g/mol. The van der Waals surface area contributed by atoms with Gasteiger partial charge in [0, 0.05) is 23.7 Å². The van der Waals surface area contributed by atoms with Crippen LogP contribution < -0.4 is 15.4 Å². The minimum atomic E-state index is -0.349. The normalized spacial score (nSPS) is 10.7. The third-order valence-electron chi connectivity index (χ3n) is 5.39. The highest BCUT2D eigenvalue weighted by molar-refractivity contribution is 5.92. The number of methoxy groups -OCH3 is 1. The van der Waals surface area contributed by atoms with E-state index >= 15 is 0 Å². The number of nitrogens with one attached hydrogen (secondary N) is 2. The number of nitrogens with zero attached hydrogens (tertiary/aromatic N) is 2. The third kappa shape index (κ3) is 6.14. The molecule has 2 heterocycles. The van der Waals surface area contributed by atoms with E-state index < -0.39 is 0 Å². The Morgan fingerprint density at radius 2 is 1.77 bits per heavy atom. The standard InChI is InChI=1S/C26H26N4O5/c1-16-14-22(30-35-16)25(32)27-15-23-17(2)34-26(29-23)19-7-9-20(10-8-19)28-24(31)13-6-18-4-11-21(33-3)12-5-18/h4-5,7-12,14H,6,13,15H2,1-3H3,(H,27,32)(H,28,31). The van der Waals surface area contributed by atoms with Crippen molar-refractivity contribution in [1.29, 1.82) is 0 Å². The summed E-state index contributed by atoms with van der Waals surface area (Å²) in [6.45, 7) is 3.70. The molecule has 0 unspecified atom stereocenters. The van der Waals surface area contributed by atoms with Gasteiger partial charge in [0.1, 0.15) is 23.0 Å². The maximum Gasteiger partial charge on any atom is 0.273 e. The molecule has 0 aliphatic carbocycles. The smallest absolute Gasteiger partial charge is 0.273 e. The maximum absolute atomic E-state index is 12.3. The van der Waals surface area contributed by atoms with Gasteiger partial charge in [-0.05, 0) is 62.2 Å². The lowest BCUT2D eigenvalue weighted by atomic mass is 10.1. The quantitative estimate of drug-likeness (QED) is 0.368. The van der Waals surface area contributed by atoms with Gasteiger partial charge in [0.15, 0.2) is 5.69 Å². The Morgan fingerprint density at radius 1 is 1.03 bits per heavy atom. The van der Waals surface area contributed by atoms with E-state index in [4.69, 9.17) is 13.7 Å². The van der Waals surface area contributed by atoms with E-state index in [1.54, 1.807) is 39.2 Å². The summed E-state index contributed by atoms with van der Waals surface area (Å²) in [6, 6.07) is 16.5. The Balaban J connectivity index is 1.30. The van der Waals surface area contributed by atoms with Crippen LogP contribution in [0.1, 0.15) is 39.7 Å². The molecular formula is C26H26N4O5. The summed E-state index contributed by atoms with van der Waals surface area (Å²) in [6.07, 6.45) is 1.01. The first-order valence-electron chi connectivity index (χ1n) is 11.1. The second-order valence-corrected chi connectivity index (χ2v) is 8.00. The molecule has 2 aromatic carbocycles. The lowest BCUT2D eigenvalue weighted by molar-refractivity contribution is -0.116. The molecule has 0 bridgehead atoms. The maximum atomic E-state index is 12.3. The summed E-state index contributed by atoms with van der Waals surface area (Å²) < 4.78 is 15.8. The molecule has 0 spiro atoms. The van der Waals surface area contributed by atoms with Crippen molar-refractivity contribution in [2.24, 2.45) is 0 Å². The molecule has 4 aromatic rings. The summed E-state index contributed by atoms with van der Waals surface area (Å²) in [5.74, 6) is 1.97. The first-order valence-corrected chi connectivity index (χ1v) is 11.1. The number of anilines is 1. The molecule has 2 amide bonds. The molecular weight excluding hydrogens is 448 g/mol. The number of aryl methyl sites for hydroxylation is 3. The van der Waals surface area contributed by atoms with Crippen LogP contribution in [-0.4, -0.2) is 29.1 Å². The number of aromatic nitrogens is 2. The zero-order valence-electron chi connectivity index (χ0n) is 19.8. The number of oxazole rings is 1. The summed E-state index contributed by atoms with van der Waals surface area (Å²) in [5.41, 5.74) is 3.34. The topological polar surface area (TPSA) is 119 Å². The summed E-state index contributed by atoms with van der Waals surface area (Å²) >= 11 is 0. The molecule has 2 aromatic heterocycles. The van der Waals surface area contributed by atoms with Gasteiger partial charge < -0.3 is 24.3 Å². The van der Waals surface area contributed by atoms with Crippen LogP contribution in [0.3, 0.4) is 0 Å². The van der Waals surface area contributed by atoms with Crippen molar-refractivity contribution in [3.8, 4) is 17.2 Å². The number of ether oxygens (including phenoxy) is 1. The second-order valence-electron chi connectivity index (χ2n) is 8.00. The molecule has 0 aliphatic heterocycles. The van der Waals surface area contributed by atoms with Gasteiger partial charge in [-0.1, -0.05) is 17.3 Å². The Morgan fingerprint density at radius 3 is 2.43 bits per heavy atom. The fraction of sp³-hybridized carbons (Fsp3) is 0.231. The van der Waals surface area contributed by atoms with E-state index in [1.165, 1.54) is 0 Å². The highest BCUT2D eigenvalue weighted by Crippen LogP contribution is 2.24.